The highest BCUT2D eigenvalue weighted by atomic mass is 16.6. The number of carbonyl (C=O) groups is 6. The summed E-state index contributed by atoms with van der Waals surface area (Å²) in [6, 6.07) is 7.25. The van der Waals surface area contributed by atoms with Crippen molar-refractivity contribution in [1.82, 2.24) is 34.7 Å². The van der Waals surface area contributed by atoms with Gasteiger partial charge in [0, 0.05) is 84.5 Å². The standard InChI is InChI=1S/C42H59N5O6.C15H26N2O3.H2/c1-28(52-24-29-12-16-41(17-13-29)14-9-15-41)19-43-35(48)34-23-45(25-42(34)26-46(27-42)37(50)33-18-40(33,5)6)36(49)31-20-44-47(22-31)21-30-10-7-8-11-32(30)38(51)53-39(2,3)4;1-14(2,3)20-13(19)17-10-6-15(7-11-17)4-8-16(12-18)9-5-15;/h7-8,10-11,20,22,28-29,33-34H,9,12-19,21,23-27H2,1-6H3,(H,43,48);12H,4-11H2,1-3H3;1H/t28-,33-,34+;;/m1../s1. The van der Waals surface area contributed by atoms with Gasteiger partial charge in [-0.1, -0.05) is 38.5 Å². The van der Waals surface area contributed by atoms with Crippen LogP contribution in [0.1, 0.15) is 167 Å². The van der Waals surface area contributed by atoms with Crippen molar-refractivity contribution in [3.8, 4) is 0 Å². The van der Waals surface area contributed by atoms with E-state index in [1.165, 1.54) is 44.9 Å². The highest BCUT2D eigenvalue weighted by Gasteiger charge is 2.62. The third kappa shape index (κ3) is 13.1. The molecule has 0 radical (unpaired) electrons. The Hall–Kier alpha value is -4.99. The fraction of sp³-hybridized carbons (Fsp3) is 0.737. The Labute approximate surface area is 435 Å². The van der Waals surface area contributed by atoms with E-state index in [-0.39, 0.29) is 55.8 Å². The van der Waals surface area contributed by atoms with E-state index in [1.54, 1.807) is 34.1 Å². The summed E-state index contributed by atoms with van der Waals surface area (Å²) in [4.78, 5) is 84.2. The second-order valence-corrected chi connectivity index (χ2v) is 25.9. The highest BCUT2D eigenvalue weighted by Crippen LogP contribution is 2.55. The van der Waals surface area contributed by atoms with Crippen LogP contribution in [0.15, 0.2) is 36.7 Å². The molecular formula is C57H87N7O9. The SMILES string of the molecule is CC(C)(C)OC(=O)N1CCC2(CCN(C=O)CC2)CC1.C[C@H](CNC(=O)[C@@H]1CN(C(=O)c2cnn(Cc3ccccc3C(=O)OC(C)(C)C)c2)CC12CN(C(=O)[C@H]1CC1(C)C)C2)OCC1CCC2(CCC2)CC1.[HH]. The summed E-state index contributed by atoms with van der Waals surface area (Å²) >= 11 is 0. The first-order chi connectivity index (χ1) is 34.4. The first-order valence-corrected chi connectivity index (χ1v) is 27.4. The smallest absolute Gasteiger partial charge is 0.410 e. The molecule has 7 fully saturated rings. The van der Waals surface area contributed by atoms with Crippen molar-refractivity contribution < 1.29 is 44.4 Å². The number of piperidine rings is 2. The van der Waals surface area contributed by atoms with E-state index in [0.717, 1.165) is 76.9 Å². The Morgan fingerprint density at radius 1 is 0.808 bits per heavy atom. The first-order valence-electron chi connectivity index (χ1n) is 27.4. The minimum Gasteiger partial charge on any atom is -0.456 e. The zero-order valence-electron chi connectivity index (χ0n) is 45.5. The van der Waals surface area contributed by atoms with Crippen LogP contribution in [-0.4, -0.2) is 148 Å². The number of rotatable bonds is 12. The number of hydrogen-bond acceptors (Lipinski definition) is 10. The molecule has 404 valence electrons. The summed E-state index contributed by atoms with van der Waals surface area (Å²) in [6.45, 7) is 23.7. The number of hydrogen-bond donors (Lipinski definition) is 1. The molecule has 4 aliphatic heterocycles. The van der Waals surface area contributed by atoms with Crippen LogP contribution in [0, 0.1) is 39.4 Å². The lowest BCUT2D eigenvalue weighted by Crippen LogP contribution is -2.64. The summed E-state index contributed by atoms with van der Waals surface area (Å²) < 4.78 is 18.9. The van der Waals surface area contributed by atoms with Gasteiger partial charge in [0.15, 0.2) is 0 Å². The van der Waals surface area contributed by atoms with E-state index in [2.05, 4.69) is 24.3 Å². The van der Waals surface area contributed by atoms with Gasteiger partial charge in [-0.05, 0) is 153 Å². The third-order valence-corrected chi connectivity index (χ3v) is 17.5. The summed E-state index contributed by atoms with van der Waals surface area (Å²) in [5.74, 6) is -0.363. The van der Waals surface area contributed by atoms with Gasteiger partial charge in [-0.15, -0.1) is 0 Å². The molecule has 1 N–H and O–H groups in total. The zero-order chi connectivity index (χ0) is 52.6. The van der Waals surface area contributed by atoms with Crippen LogP contribution in [-0.2, 0) is 35.1 Å². The van der Waals surface area contributed by atoms with Gasteiger partial charge in [-0.3, -0.25) is 23.9 Å². The van der Waals surface area contributed by atoms with E-state index in [9.17, 15) is 28.8 Å². The molecule has 16 heteroatoms. The molecule has 3 saturated carbocycles. The predicted molar refractivity (Wildman–Crippen MR) is 278 cm³/mol. The number of ether oxygens (including phenoxy) is 3. The largest absolute Gasteiger partial charge is 0.456 e. The first kappa shape index (κ1) is 54.3. The number of benzene rings is 1. The van der Waals surface area contributed by atoms with Crippen LogP contribution in [0.2, 0.25) is 0 Å². The molecule has 1 aromatic carbocycles. The lowest BCUT2D eigenvalue weighted by molar-refractivity contribution is -0.151. The molecule has 16 nitrogen and oxygen atoms in total. The summed E-state index contributed by atoms with van der Waals surface area (Å²) in [6.07, 6.45) is 18.2. The molecule has 3 atom stereocenters. The number of nitrogens with one attached hydrogen (secondary N) is 1. The Morgan fingerprint density at radius 3 is 2.00 bits per heavy atom. The Kier molecular flexibility index (Phi) is 15.9. The molecule has 0 bridgehead atoms. The van der Waals surface area contributed by atoms with Crippen LogP contribution in [0.4, 0.5) is 4.79 Å². The Morgan fingerprint density at radius 2 is 1.41 bits per heavy atom. The van der Waals surface area contributed by atoms with Gasteiger partial charge >= 0.3 is 12.1 Å². The van der Waals surface area contributed by atoms with Crippen molar-refractivity contribution in [2.75, 3.05) is 65.5 Å². The summed E-state index contributed by atoms with van der Waals surface area (Å²) in [7, 11) is 0. The topological polar surface area (TPSA) is 173 Å². The molecule has 1 aromatic heterocycles. The second-order valence-electron chi connectivity index (χ2n) is 25.9. The average molecular weight is 1010 g/mol. The van der Waals surface area contributed by atoms with Crippen molar-refractivity contribution in [2.24, 2.45) is 39.4 Å². The molecule has 0 unspecified atom stereocenters. The van der Waals surface area contributed by atoms with Crippen molar-refractivity contribution in [3.05, 3.63) is 53.3 Å². The number of aromatic nitrogens is 2. The van der Waals surface area contributed by atoms with E-state index < -0.39 is 28.5 Å². The Bertz CT molecular complexity index is 2320. The van der Waals surface area contributed by atoms with Crippen LogP contribution in [0.3, 0.4) is 0 Å². The second kappa shape index (κ2) is 21.3. The molecule has 73 heavy (non-hydrogen) atoms. The fourth-order valence-electron chi connectivity index (χ4n) is 12.3. The lowest BCUT2D eigenvalue weighted by atomic mass is 9.59. The normalized spacial score (nSPS) is 24.2. The molecular weight excluding hydrogens is 927 g/mol. The van der Waals surface area contributed by atoms with Gasteiger partial charge in [-0.25, -0.2) is 9.59 Å². The lowest BCUT2D eigenvalue weighted by Gasteiger charge is -2.50. The van der Waals surface area contributed by atoms with Crippen molar-refractivity contribution in [2.45, 2.75) is 163 Å². The summed E-state index contributed by atoms with van der Waals surface area (Å²) in [5.41, 5.74) is 1.03. The van der Waals surface area contributed by atoms with Gasteiger partial charge in [-0.2, -0.15) is 5.10 Å². The molecule has 2 aromatic rings. The highest BCUT2D eigenvalue weighted by molar-refractivity contribution is 5.95. The maximum atomic E-state index is 14.0. The average Bonchev–Trinajstić information content (AvgIpc) is 3.59. The van der Waals surface area contributed by atoms with Crippen LogP contribution >= 0.6 is 0 Å². The van der Waals surface area contributed by atoms with Crippen molar-refractivity contribution >= 4 is 36.2 Å². The monoisotopic (exact) mass is 1010 g/mol. The molecule has 5 amide bonds. The van der Waals surface area contributed by atoms with Gasteiger partial charge < -0.3 is 39.1 Å². The fourth-order valence-corrected chi connectivity index (χ4v) is 12.3. The van der Waals surface area contributed by atoms with Crippen LogP contribution in [0.5, 0.6) is 0 Å². The Balaban J connectivity index is 0.000000320. The summed E-state index contributed by atoms with van der Waals surface area (Å²) in [5, 5.41) is 7.62. The third-order valence-electron chi connectivity index (χ3n) is 17.5. The van der Waals surface area contributed by atoms with Gasteiger partial charge in [0.25, 0.3) is 5.91 Å². The molecule has 5 heterocycles. The van der Waals surface area contributed by atoms with E-state index in [4.69, 9.17) is 14.2 Å². The van der Waals surface area contributed by atoms with Crippen molar-refractivity contribution in [3.63, 3.8) is 0 Å². The van der Waals surface area contributed by atoms with Crippen LogP contribution < -0.4 is 5.32 Å². The van der Waals surface area contributed by atoms with Gasteiger partial charge in [0.05, 0.1) is 35.9 Å². The van der Waals surface area contributed by atoms with E-state index in [0.29, 0.717) is 54.1 Å². The zero-order valence-corrected chi connectivity index (χ0v) is 45.5. The molecule has 3 spiro atoms. The molecule has 7 aliphatic rings. The molecule has 3 aliphatic carbocycles. The minimum absolute atomic E-state index is 0. The predicted octanol–water partition coefficient (Wildman–Crippen LogP) is 8.22. The number of nitrogens with zero attached hydrogens (tertiary/aromatic N) is 6. The minimum atomic E-state index is -0.629. The molecule has 4 saturated heterocycles. The van der Waals surface area contributed by atoms with E-state index >= 15 is 0 Å². The number of likely N-dealkylation sites (tertiary alicyclic amines) is 4. The maximum absolute atomic E-state index is 14.0. The quantitative estimate of drug-likeness (QED) is 0.161. The number of carbonyl (C=O) groups excluding carboxylic acids is 6. The van der Waals surface area contributed by atoms with Gasteiger partial charge in [0.1, 0.15) is 11.2 Å². The van der Waals surface area contributed by atoms with Gasteiger partial charge in [0.2, 0.25) is 18.2 Å². The van der Waals surface area contributed by atoms with E-state index in [1.807, 2.05) is 75.3 Å². The van der Waals surface area contributed by atoms with Crippen molar-refractivity contribution in [1.29, 1.82) is 0 Å². The number of amides is 5. The maximum Gasteiger partial charge on any atom is 0.410 e. The molecule has 9 rings (SSSR count). The number of esters is 1. The van der Waals surface area contributed by atoms with Crippen LogP contribution in [0.25, 0.3) is 0 Å².